The normalized spacial score (nSPS) is 36.8. The molecule has 0 radical (unpaired) electrons. The number of hydrogen-bond donors (Lipinski definition) is 0. The second-order valence-electron chi connectivity index (χ2n) is 7.27. The average molecular weight is 282 g/mol. The Bertz CT molecular complexity index is 580. The molecule has 4 atom stereocenters. The summed E-state index contributed by atoms with van der Waals surface area (Å²) in [6.45, 7) is 4.37. The van der Waals surface area contributed by atoms with Gasteiger partial charge in [-0.3, -0.25) is 0 Å². The molecule has 1 aromatic carbocycles. The quantitative estimate of drug-likeness (QED) is 0.603. The van der Waals surface area contributed by atoms with Crippen LogP contribution in [0.1, 0.15) is 48.0 Å². The van der Waals surface area contributed by atoms with Gasteiger partial charge in [0.1, 0.15) is 0 Å². The van der Waals surface area contributed by atoms with Crippen molar-refractivity contribution in [1.29, 1.82) is 0 Å². The van der Waals surface area contributed by atoms with Gasteiger partial charge in [-0.15, -0.1) is 0 Å². The van der Waals surface area contributed by atoms with Crippen molar-refractivity contribution in [2.24, 2.45) is 17.8 Å². The Morgan fingerprint density at radius 1 is 1.14 bits per heavy atom. The van der Waals surface area contributed by atoms with Crippen molar-refractivity contribution in [3.8, 4) is 0 Å². The molecule has 4 aliphatic carbocycles. The molecule has 4 fully saturated rings. The number of esters is 1. The van der Waals surface area contributed by atoms with Crippen LogP contribution in [0.25, 0.3) is 0 Å². The van der Waals surface area contributed by atoms with E-state index >= 15 is 0 Å². The van der Waals surface area contributed by atoms with Gasteiger partial charge in [0.2, 0.25) is 0 Å². The van der Waals surface area contributed by atoms with E-state index in [0.717, 1.165) is 17.8 Å². The summed E-state index contributed by atoms with van der Waals surface area (Å²) in [6, 6.07) is 8.16. The summed E-state index contributed by atoms with van der Waals surface area (Å²) in [4.78, 5) is 11.6. The molecule has 0 amide bonds. The smallest absolute Gasteiger partial charge is 0.337 e. The SMILES string of the molecule is C=C1[C@@H]2CC3C[C@H]1CC(c1ccc(C(=O)OC)cc1)(C3)C2. The van der Waals surface area contributed by atoms with Crippen molar-refractivity contribution in [1.82, 2.24) is 0 Å². The van der Waals surface area contributed by atoms with Crippen LogP contribution in [-0.4, -0.2) is 13.1 Å². The number of ether oxygens (including phenoxy) is 1. The molecule has 4 aliphatic rings. The second kappa shape index (κ2) is 4.46. The van der Waals surface area contributed by atoms with E-state index in [1.165, 1.54) is 50.4 Å². The first-order valence-electron chi connectivity index (χ1n) is 7.99. The number of rotatable bonds is 2. The zero-order chi connectivity index (χ0) is 14.6. The van der Waals surface area contributed by atoms with Gasteiger partial charge in [0.15, 0.2) is 0 Å². The van der Waals surface area contributed by atoms with E-state index in [2.05, 4.69) is 18.7 Å². The van der Waals surface area contributed by atoms with Crippen LogP contribution in [0.5, 0.6) is 0 Å². The first-order chi connectivity index (χ1) is 10.1. The van der Waals surface area contributed by atoms with Crippen LogP contribution in [0, 0.1) is 17.8 Å². The van der Waals surface area contributed by atoms with Gasteiger partial charge in [0.05, 0.1) is 12.7 Å². The molecule has 110 valence electrons. The van der Waals surface area contributed by atoms with Crippen molar-refractivity contribution < 1.29 is 9.53 Å². The minimum atomic E-state index is -0.250. The molecule has 2 unspecified atom stereocenters. The lowest BCUT2D eigenvalue weighted by Gasteiger charge is -2.58. The predicted octanol–water partition coefficient (Wildman–Crippen LogP) is 4.11. The summed E-state index contributed by atoms with van der Waals surface area (Å²) in [5.74, 6) is 2.10. The Morgan fingerprint density at radius 2 is 1.76 bits per heavy atom. The van der Waals surface area contributed by atoms with E-state index < -0.39 is 0 Å². The summed E-state index contributed by atoms with van der Waals surface area (Å²) in [6.07, 6.45) is 6.56. The summed E-state index contributed by atoms with van der Waals surface area (Å²) in [5, 5.41) is 0. The molecule has 1 aromatic rings. The highest BCUT2D eigenvalue weighted by atomic mass is 16.5. The Balaban J connectivity index is 1.67. The molecular formula is C19H22O2. The van der Waals surface area contributed by atoms with Gasteiger partial charge in [-0.1, -0.05) is 24.3 Å². The molecule has 0 aliphatic heterocycles. The fourth-order valence-electron chi connectivity index (χ4n) is 5.31. The van der Waals surface area contributed by atoms with Crippen LogP contribution in [0.15, 0.2) is 36.4 Å². The first-order valence-corrected chi connectivity index (χ1v) is 7.99. The molecule has 0 aromatic heterocycles. The largest absolute Gasteiger partial charge is 0.465 e. The van der Waals surface area contributed by atoms with E-state index in [9.17, 15) is 4.79 Å². The molecule has 0 saturated heterocycles. The summed E-state index contributed by atoms with van der Waals surface area (Å²) < 4.78 is 4.79. The van der Waals surface area contributed by atoms with Crippen LogP contribution in [0.4, 0.5) is 0 Å². The van der Waals surface area contributed by atoms with Gasteiger partial charge in [0, 0.05) is 0 Å². The van der Waals surface area contributed by atoms with E-state index in [-0.39, 0.29) is 5.97 Å². The van der Waals surface area contributed by atoms with Gasteiger partial charge in [-0.25, -0.2) is 4.79 Å². The van der Waals surface area contributed by atoms with Gasteiger partial charge < -0.3 is 4.74 Å². The van der Waals surface area contributed by atoms with Gasteiger partial charge in [-0.05, 0) is 73.0 Å². The molecular weight excluding hydrogens is 260 g/mol. The average Bonchev–Trinajstić information content (AvgIpc) is 2.51. The van der Waals surface area contributed by atoms with Crippen molar-refractivity contribution in [2.75, 3.05) is 7.11 Å². The number of carbonyl (C=O) groups excluding carboxylic acids is 1. The predicted molar refractivity (Wildman–Crippen MR) is 82.2 cm³/mol. The third kappa shape index (κ3) is 1.88. The van der Waals surface area contributed by atoms with E-state index in [1.807, 2.05) is 12.1 Å². The van der Waals surface area contributed by atoms with Crippen LogP contribution < -0.4 is 0 Å². The van der Waals surface area contributed by atoms with Gasteiger partial charge >= 0.3 is 5.97 Å². The monoisotopic (exact) mass is 282 g/mol. The summed E-state index contributed by atoms with van der Waals surface area (Å²) in [7, 11) is 1.43. The van der Waals surface area contributed by atoms with Crippen LogP contribution in [0.3, 0.4) is 0 Å². The topological polar surface area (TPSA) is 26.3 Å². The lowest BCUT2D eigenvalue weighted by atomic mass is 9.47. The maximum absolute atomic E-state index is 11.6. The molecule has 4 saturated carbocycles. The summed E-state index contributed by atoms with van der Waals surface area (Å²) >= 11 is 0. The van der Waals surface area contributed by atoms with Gasteiger partial charge in [-0.2, -0.15) is 0 Å². The minimum Gasteiger partial charge on any atom is -0.465 e. The molecule has 0 heterocycles. The maximum Gasteiger partial charge on any atom is 0.337 e. The molecule has 0 spiro atoms. The molecule has 21 heavy (non-hydrogen) atoms. The highest BCUT2D eigenvalue weighted by Crippen LogP contribution is 2.62. The van der Waals surface area contributed by atoms with E-state index in [0.29, 0.717) is 11.0 Å². The van der Waals surface area contributed by atoms with Crippen molar-refractivity contribution in [3.05, 3.63) is 47.5 Å². The fourth-order valence-corrected chi connectivity index (χ4v) is 5.31. The van der Waals surface area contributed by atoms with Crippen LogP contribution in [0.2, 0.25) is 0 Å². The lowest BCUT2D eigenvalue weighted by molar-refractivity contribution is 0.0407. The van der Waals surface area contributed by atoms with E-state index in [1.54, 1.807) is 0 Å². The maximum atomic E-state index is 11.6. The first kappa shape index (κ1) is 13.1. The highest BCUT2D eigenvalue weighted by Gasteiger charge is 2.53. The Kier molecular flexibility index (Phi) is 2.79. The molecule has 4 bridgehead atoms. The van der Waals surface area contributed by atoms with Crippen molar-refractivity contribution >= 4 is 5.97 Å². The summed E-state index contributed by atoms with van der Waals surface area (Å²) in [5.41, 5.74) is 3.93. The molecule has 0 N–H and O–H groups in total. The van der Waals surface area contributed by atoms with E-state index in [4.69, 9.17) is 4.74 Å². The Hall–Kier alpha value is -1.57. The third-order valence-corrected chi connectivity index (χ3v) is 6.16. The van der Waals surface area contributed by atoms with Gasteiger partial charge in [0.25, 0.3) is 0 Å². The standard InChI is InChI=1S/C19H22O2/c1-12-15-7-13-8-16(12)11-19(9-13,10-15)17-5-3-14(4-6-17)18(20)21-2/h3-6,13,15-16H,1,7-11H2,2H3/t13?,15-,16+,19?. The third-order valence-electron chi connectivity index (χ3n) is 6.16. The van der Waals surface area contributed by atoms with Crippen molar-refractivity contribution in [3.63, 3.8) is 0 Å². The number of benzene rings is 1. The number of allylic oxidation sites excluding steroid dienone is 1. The Labute approximate surface area is 126 Å². The zero-order valence-corrected chi connectivity index (χ0v) is 12.6. The van der Waals surface area contributed by atoms with Crippen LogP contribution in [-0.2, 0) is 10.2 Å². The number of carbonyl (C=O) groups is 1. The number of hydrogen-bond acceptors (Lipinski definition) is 2. The molecule has 2 heteroatoms. The second-order valence-corrected chi connectivity index (χ2v) is 7.27. The van der Waals surface area contributed by atoms with Crippen molar-refractivity contribution in [2.45, 2.75) is 37.5 Å². The lowest BCUT2D eigenvalue weighted by Crippen LogP contribution is -2.49. The fraction of sp³-hybridized carbons (Fsp3) is 0.526. The molecule has 2 nitrogen and oxygen atoms in total. The zero-order valence-electron chi connectivity index (χ0n) is 12.6. The highest BCUT2D eigenvalue weighted by molar-refractivity contribution is 5.89. The molecule has 5 rings (SSSR count). The minimum absolute atomic E-state index is 0.250. The van der Waals surface area contributed by atoms with Crippen LogP contribution >= 0.6 is 0 Å². The number of methoxy groups -OCH3 is 1. The Morgan fingerprint density at radius 3 is 2.33 bits per heavy atom.